The van der Waals surface area contributed by atoms with Crippen LogP contribution in [0.4, 0.5) is 0 Å². The molecule has 2 N–H and O–H groups in total. The lowest BCUT2D eigenvalue weighted by atomic mass is 9.70. The minimum Gasteiger partial charge on any atom is -0.484 e. The van der Waals surface area contributed by atoms with Crippen molar-refractivity contribution < 1.29 is 9.53 Å². The molecule has 2 aliphatic rings. The quantitative estimate of drug-likeness (QED) is 0.549. The fourth-order valence-corrected chi connectivity index (χ4v) is 4.52. The van der Waals surface area contributed by atoms with Crippen LogP contribution in [0.1, 0.15) is 43.7 Å². The maximum Gasteiger partial charge on any atom is 0.156 e. The van der Waals surface area contributed by atoms with Gasteiger partial charge in [-0.3, -0.25) is 9.79 Å². The number of amidine groups is 1. The highest BCUT2D eigenvalue weighted by Crippen LogP contribution is 2.58. The summed E-state index contributed by atoms with van der Waals surface area (Å²) in [5.41, 5.74) is 8.73. The van der Waals surface area contributed by atoms with Gasteiger partial charge >= 0.3 is 0 Å². The first-order valence-electron chi connectivity index (χ1n) is 8.52. The van der Waals surface area contributed by atoms with Crippen molar-refractivity contribution in [3.8, 4) is 5.75 Å². The van der Waals surface area contributed by atoms with Crippen LogP contribution in [0, 0.1) is 5.41 Å². The Morgan fingerprint density at radius 2 is 2.12 bits per heavy atom. The van der Waals surface area contributed by atoms with E-state index in [1.165, 1.54) is 0 Å². The molecule has 0 radical (unpaired) electrons. The summed E-state index contributed by atoms with van der Waals surface area (Å²) in [6.07, 6.45) is 6.17. The molecule has 3 rings (SSSR count). The van der Waals surface area contributed by atoms with E-state index in [-0.39, 0.29) is 30.2 Å². The van der Waals surface area contributed by atoms with Crippen molar-refractivity contribution in [3.63, 3.8) is 0 Å². The highest BCUT2D eigenvalue weighted by molar-refractivity contribution is 6.44. The van der Waals surface area contributed by atoms with Gasteiger partial charge in [0.15, 0.2) is 5.78 Å². The maximum absolute atomic E-state index is 12.0. The van der Waals surface area contributed by atoms with Gasteiger partial charge in [0, 0.05) is 24.4 Å². The number of allylic oxidation sites excluding steroid dienone is 2. The number of aliphatic imine (C=N–C) groups is 1. The van der Waals surface area contributed by atoms with Crippen molar-refractivity contribution in [2.45, 2.75) is 39.0 Å². The zero-order chi connectivity index (χ0) is 18.2. The molecule has 0 aliphatic heterocycles. The fraction of sp³-hybridized carbons (Fsp3) is 0.474. The van der Waals surface area contributed by atoms with Gasteiger partial charge in [0.2, 0.25) is 0 Å². The SMILES string of the molecule is CCCC12CCC(=O)C=C1c1c(cc(OCC(N)=NC)c(Cl)c1Cl)C2.Cl. The number of nitrogens with two attached hydrogens (primary N) is 1. The molecule has 0 saturated heterocycles. The number of nitrogens with zero attached hydrogens (tertiary/aromatic N) is 1. The van der Waals surface area contributed by atoms with Crippen LogP contribution in [0.15, 0.2) is 17.1 Å². The lowest BCUT2D eigenvalue weighted by molar-refractivity contribution is -0.115. The molecule has 0 heterocycles. The molecule has 0 saturated carbocycles. The Labute approximate surface area is 170 Å². The molecule has 0 aromatic heterocycles. The molecule has 0 amide bonds. The lowest BCUT2D eigenvalue weighted by Crippen LogP contribution is -2.25. The van der Waals surface area contributed by atoms with Gasteiger partial charge in [0.25, 0.3) is 0 Å². The highest BCUT2D eigenvalue weighted by atomic mass is 35.5. The lowest BCUT2D eigenvalue weighted by Gasteiger charge is -2.33. The number of ether oxygens (including phenoxy) is 1. The Kier molecular flexibility index (Phi) is 6.65. The smallest absolute Gasteiger partial charge is 0.156 e. The maximum atomic E-state index is 12.0. The molecule has 0 spiro atoms. The van der Waals surface area contributed by atoms with Gasteiger partial charge in [0.05, 0.1) is 5.02 Å². The zero-order valence-electron chi connectivity index (χ0n) is 14.9. The van der Waals surface area contributed by atoms with Crippen LogP contribution in [-0.4, -0.2) is 25.3 Å². The Bertz CT molecular complexity index is 789. The fourth-order valence-electron chi connectivity index (χ4n) is 4.00. The molecule has 7 heteroatoms. The topological polar surface area (TPSA) is 64.7 Å². The van der Waals surface area contributed by atoms with Crippen LogP contribution >= 0.6 is 35.6 Å². The summed E-state index contributed by atoms with van der Waals surface area (Å²) in [5, 5.41) is 0.815. The Hall–Kier alpha value is -1.23. The van der Waals surface area contributed by atoms with Crippen molar-refractivity contribution in [2.24, 2.45) is 16.1 Å². The van der Waals surface area contributed by atoms with E-state index >= 15 is 0 Å². The number of carbonyl (C=O) groups is 1. The number of halogens is 3. The first kappa shape index (κ1) is 21.1. The predicted molar refractivity (Wildman–Crippen MR) is 110 cm³/mol. The second kappa shape index (κ2) is 8.20. The van der Waals surface area contributed by atoms with Gasteiger partial charge in [-0.25, -0.2) is 0 Å². The van der Waals surface area contributed by atoms with Crippen LogP contribution < -0.4 is 10.5 Å². The summed E-state index contributed by atoms with van der Waals surface area (Å²) in [6, 6.07) is 1.94. The average molecular weight is 418 g/mol. The molecule has 0 bridgehead atoms. The van der Waals surface area contributed by atoms with E-state index in [1.807, 2.05) is 6.07 Å². The van der Waals surface area contributed by atoms with Crippen molar-refractivity contribution in [2.75, 3.05) is 13.7 Å². The number of rotatable bonds is 5. The van der Waals surface area contributed by atoms with Gasteiger partial charge in [-0.15, -0.1) is 12.4 Å². The molecule has 1 unspecified atom stereocenters. The van der Waals surface area contributed by atoms with E-state index < -0.39 is 0 Å². The van der Waals surface area contributed by atoms with Crippen LogP contribution in [0.2, 0.25) is 10.0 Å². The third kappa shape index (κ3) is 3.60. The summed E-state index contributed by atoms with van der Waals surface area (Å²) in [7, 11) is 1.61. The monoisotopic (exact) mass is 416 g/mol. The zero-order valence-corrected chi connectivity index (χ0v) is 17.2. The molecule has 1 aromatic rings. The molecular formula is C19H23Cl3N2O2. The van der Waals surface area contributed by atoms with Crippen LogP contribution in [0.5, 0.6) is 5.75 Å². The number of ketones is 1. The molecule has 1 aromatic carbocycles. The summed E-state index contributed by atoms with van der Waals surface area (Å²) < 4.78 is 5.70. The minimum atomic E-state index is -0.0134. The molecule has 2 aliphatic carbocycles. The first-order valence-corrected chi connectivity index (χ1v) is 9.27. The van der Waals surface area contributed by atoms with Crippen molar-refractivity contribution in [1.29, 1.82) is 0 Å². The van der Waals surface area contributed by atoms with Crippen molar-refractivity contribution in [1.82, 2.24) is 0 Å². The summed E-state index contributed by atoms with van der Waals surface area (Å²) >= 11 is 13.0. The normalized spacial score (nSPS) is 21.6. The van der Waals surface area contributed by atoms with E-state index in [1.54, 1.807) is 13.1 Å². The van der Waals surface area contributed by atoms with E-state index in [2.05, 4.69) is 11.9 Å². The number of hydrogen-bond acceptors (Lipinski definition) is 3. The van der Waals surface area contributed by atoms with Gasteiger partial charge < -0.3 is 10.5 Å². The highest BCUT2D eigenvalue weighted by Gasteiger charge is 2.45. The summed E-state index contributed by atoms with van der Waals surface area (Å²) in [4.78, 5) is 15.9. The molecule has 0 fully saturated rings. The first-order chi connectivity index (χ1) is 11.9. The summed E-state index contributed by atoms with van der Waals surface area (Å²) in [6.45, 7) is 2.33. The van der Waals surface area contributed by atoms with Gasteiger partial charge in [-0.05, 0) is 42.5 Å². The number of benzene rings is 1. The Balaban J connectivity index is 0.00000243. The van der Waals surface area contributed by atoms with E-state index in [0.717, 1.165) is 42.4 Å². The van der Waals surface area contributed by atoms with Crippen molar-refractivity contribution >= 4 is 52.8 Å². The minimum absolute atomic E-state index is 0. The molecule has 142 valence electrons. The van der Waals surface area contributed by atoms with Gasteiger partial charge in [-0.2, -0.15) is 0 Å². The third-order valence-electron chi connectivity index (χ3n) is 5.17. The van der Waals surface area contributed by atoms with Gasteiger partial charge in [-0.1, -0.05) is 36.5 Å². The van der Waals surface area contributed by atoms with Crippen LogP contribution in [0.25, 0.3) is 5.57 Å². The molecule has 1 atom stereocenters. The van der Waals surface area contributed by atoms with Crippen LogP contribution in [0.3, 0.4) is 0 Å². The molecule has 26 heavy (non-hydrogen) atoms. The van der Waals surface area contributed by atoms with E-state index in [9.17, 15) is 4.79 Å². The Morgan fingerprint density at radius 1 is 1.38 bits per heavy atom. The second-order valence-corrected chi connectivity index (χ2v) is 7.53. The number of fused-ring (bicyclic) bond motifs is 3. The van der Waals surface area contributed by atoms with Gasteiger partial charge in [0.1, 0.15) is 23.2 Å². The molecule has 4 nitrogen and oxygen atoms in total. The summed E-state index contributed by atoms with van der Waals surface area (Å²) in [5.74, 6) is 1.06. The average Bonchev–Trinajstić information content (AvgIpc) is 2.90. The predicted octanol–water partition coefficient (Wildman–Crippen LogP) is 4.87. The molecular weight excluding hydrogens is 395 g/mol. The largest absolute Gasteiger partial charge is 0.484 e. The standard InChI is InChI=1S/C19H22Cl2N2O2.ClH/c1-3-5-19-6-4-12(24)8-13(19)16-11(9-19)7-14(17(20)18(16)21)25-10-15(22)23-2;/h7-8H,3-6,9-10H2,1-2H3,(H2,22,23);1H. The van der Waals surface area contributed by atoms with E-state index in [0.29, 0.717) is 28.1 Å². The Morgan fingerprint density at radius 3 is 2.77 bits per heavy atom. The number of carbonyl (C=O) groups excluding carboxylic acids is 1. The second-order valence-electron chi connectivity index (χ2n) is 6.77. The van der Waals surface area contributed by atoms with Crippen LogP contribution in [-0.2, 0) is 11.2 Å². The number of hydrogen-bond donors (Lipinski definition) is 1. The van der Waals surface area contributed by atoms with E-state index in [4.69, 9.17) is 33.7 Å². The van der Waals surface area contributed by atoms with Crippen molar-refractivity contribution in [3.05, 3.63) is 33.3 Å². The third-order valence-corrected chi connectivity index (χ3v) is 6.02.